The Morgan fingerprint density at radius 1 is 1.22 bits per heavy atom. The highest BCUT2D eigenvalue weighted by Crippen LogP contribution is 2.35. The van der Waals surface area contributed by atoms with Gasteiger partial charge in [0.25, 0.3) is 5.91 Å². The van der Waals surface area contributed by atoms with Crippen molar-refractivity contribution < 1.29 is 26.7 Å². The zero-order chi connectivity index (χ0) is 20.6. The molecule has 146 valence electrons. The number of rotatable bonds is 5. The number of sulfonamides is 1. The molecule has 1 heterocycles. The van der Waals surface area contributed by atoms with Gasteiger partial charge in [-0.1, -0.05) is 23.2 Å². The van der Waals surface area contributed by atoms with Crippen LogP contribution in [0.15, 0.2) is 24.4 Å². The van der Waals surface area contributed by atoms with Crippen LogP contribution in [-0.4, -0.2) is 25.6 Å². The minimum atomic E-state index is -3.87. The topological polar surface area (TPSA) is 85.4 Å². The number of carbonyl (C=O) groups excluding carboxylic acids is 1. The lowest BCUT2D eigenvalue weighted by Crippen LogP contribution is -2.30. The van der Waals surface area contributed by atoms with E-state index in [-0.39, 0.29) is 27.2 Å². The molecule has 0 unspecified atom stereocenters. The summed E-state index contributed by atoms with van der Waals surface area (Å²) in [6.07, 6.45) is 1.93. The van der Waals surface area contributed by atoms with E-state index in [1.54, 1.807) is 4.72 Å². The van der Waals surface area contributed by atoms with Crippen LogP contribution in [0.3, 0.4) is 0 Å². The maximum absolute atomic E-state index is 14.2. The van der Waals surface area contributed by atoms with Crippen LogP contribution in [-0.2, 0) is 15.7 Å². The fraction of sp³-hybridized carbons (Fsp3) is 0.250. The summed E-state index contributed by atoms with van der Waals surface area (Å²) in [5, 5.41) is -0.165. The van der Waals surface area contributed by atoms with Crippen molar-refractivity contribution in [2.24, 2.45) is 0 Å². The van der Waals surface area contributed by atoms with Crippen LogP contribution in [0.2, 0.25) is 10.0 Å². The average molecular weight is 439 g/mol. The van der Waals surface area contributed by atoms with Gasteiger partial charge in [-0.25, -0.2) is 21.9 Å². The normalized spacial score (nSPS) is 12.0. The Morgan fingerprint density at radius 3 is 2.37 bits per heavy atom. The summed E-state index contributed by atoms with van der Waals surface area (Å²) in [6.45, 7) is 2.57. The van der Waals surface area contributed by atoms with Crippen LogP contribution in [0.25, 0.3) is 0 Å². The van der Waals surface area contributed by atoms with E-state index in [9.17, 15) is 22.0 Å². The molecule has 0 radical (unpaired) electrons. The van der Waals surface area contributed by atoms with Crippen LogP contribution < -0.4 is 9.46 Å². The number of benzene rings is 1. The number of nitrogens with zero attached hydrogens (tertiary/aromatic N) is 1. The van der Waals surface area contributed by atoms with Gasteiger partial charge in [-0.2, -0.15) is 0 Å². The number of alkyl halides is 1. The minimum Gasteiger partial charge on any atom is -0.454 e. The van der Waals surface area contributed by atoms with Gasteiger partial charge < -0.3 is 4.74 Å². The predicted octanol–water partition coefficient (Wildman–Crippen LogP) is 4.21. The molecule has 0 aliphatic carbocycles. The van der Waals surface area contributed by atoms with Gasteiger partial charge in [-0.15, -0.1) is 0 Å². The standard InChI is InChI=1S/C16H14Cl2F2N2O4S/c1-16(2,20)14-11(18)4-8(7-21-14)26-13-6-12(19)9(5-10(13)17)15(23)22-27(3,24)25/h4-7H,1-3H3,(H,22,23). The third-order valence-electron chi connectivity index (χ3n) is 3.15. The lowest BCUT2D eigenvalue weighted by molar-refractivity contribution is 0.0977. The number of amides is 1. The molecule has 0 aliphatic rings. The molecule has 2 aromatic rings. The zero-order valence-corrected chi connectivity index (χ0v) is 16.6. The molecule has 1 aromatic carbocycles. The SMILES string of the molecule is CC(C)(F)c1ncc(Oc2cc(F)c(C(=O)NS(C)(=O)=O)cc2Cl)cc1Cl. The quantitative estimate of drug-likeness (QED) is 0.755. The first-order valence-corrected chi connectivity index (χ1v) is 9.96. The summed E-state index contributed by atoms with van der Waals surface area (Å²) in [6, 6.07) is 3.00. The van der Waals surface area contributed by atoms with Gasteiger partial charge in [0.1, 0.15) is 23.0 Å². The lowest BCUT2D eigenvalue weighted by atomic mass is 10.1. The van der Waals surface area contributed by atoms with Crippen molar-refractivity contribution >= 4 is 39.1 Å². The van der Waals surface area contributed by atoms with Gasteiger partial charge in [-0.3, -0.25) is 9.78 Å². The van der Waals surface area contributed by atoms with E-state index in [0.717, 1.165) is 18.4 Å². The summed E-state index contributed by atoms with van der Waals surface area (Å²) in [4.78, 5) is 15.7. The molecule has 0 spiro atoms. The molecule has 0 atom stereocenters. The molecule has 11 heteroatoms. The molecule has 1 amide bonds. The van der Waals surface area contributed by atoms with Crippen molar-refractivity contribution in [3.8, 4) is 11.5 Å². The number of ether oxygens (including phenoxy) is 1. The second-order valence-electron chi connectivity index (χ2n) is 6.04. The van der Waals surface area contributed by atoms with Gasteiger partial charge in [0, 0.05) is 12.1 Å². The van der Waals surface area contributed by atoms with Crippen LogP contribution in [0.1, 0.15) is 29.9 Å². The Balaban J connectivity index is 2.32. The molecular formula is C16H14Cl2F2N2O4S. The van der Waals surface area contributed by atoms with Crippen LogP contribution in [0, 0.1) is 5.82 Å². The third-order valence-corrected chi connectivity index (χ3v) is 4.29. The van der Waals surface area contributed by atoms with E-state index in [0.29, 0.717) is 0 Å². The Morgan fingerprint density at radius 2 is 1.85 bits per heavy atom. The summed E-state index contributed by atoms with van der Waals surface area (Å²) in [7, 11) is -3.87. The predicted molar refractivity (Wildman–Crippen MR) is 97.2 cm³/mol. The summed E-state index contributed by atoms with van der Waals surface area (Å²) in [5.74, 6) is -2.35. The number of hydrogen-bond acceptors (Lipinski definition) is 5. The number of carbonyl (C=O) groups is 1. The van der Waals surface area contributed by atoms with E-state index in [4.69, 9.17) is 27.9 Å². The van der Waals surface area contributed by atoms with Gasteiger partial charge in [0.15, 0.2) is 0 Å². The Labute approximate surface area is 164 Å². The van der Waals surface area contributed by atoms with Crippen LogP contribution >= 0.6 is 23.2 Å². The minimum absolute atomic E-state index is 0.000690. The Bertz CT molecular complexity index is 1010. The van der Waals surface area contributed by atoms with E-state index in [2.05, 4.69) is 4.98 Å². The Kier molecular flexibility index (Phi) is 5.98. The van der Waals surface area contributed by atoms with E-state index >= 15 is 0 Å². The second-order valence-corrected chi connectivity index (χ2v) is 8.60. The summed E-state index contributed by atoms with van der Waals surface area (Å²) < 4.78 is 57.3. The third kappa shape index (κ3) is 5.50. The van der Waals surface area contributed by atoms with Gasteiger partial charge in [0.05, 0.1) is 33.8 Å². The molecule has 1 N–H and O–H groups in total. The van der Waals surface area contributed by atoms with E-state index in [1.165, 1.54) is 26.1 Å². The first-order valence-electron chi connectivity index (χ1n) is 7.32. The average Bonchev–Trinajstić information content (AvgIpc) is 2.47. The molecule has 0 fully saturated rings. The Hall–Kier alpha value is -1.97. The van der Waals surface area contributed by atoms with Crippen molar-refractivity contribution in [3.63, 3.8) is 0 Å². The molecule has 27 heavy (non-hydrogen) atoms. The smallest absolute Gasteiger partial charge is 0.267 e. The first kappa shape index (κ1) is 21.3. The number of halogens is 4. The molecule has 6 nitrogen and oxygen atoms in total. The molecule has 2 rings (SSSR count). The van der Waals surface area contributed by atoms with Crippen LogP contribution in [0.4, 0.5) is 8.78 Å². The summed E-state index contributed by atoms with van der Waals surface area (Å²) >= 11 is 12.0. The fourth-order valence-corrected chi connectivity index (χ4v) is 3.07. The number of pyridine rings is 1. The highest BCUT2D eigenvalue weighted by atomic mass is 35.5. The highest BCUT2D eigenvalue weighted by Gasteiger charge is 2.25. The number of aromatic nitrogens is 1. The zero-order valence-electron chi connectivity index (χ0n) is 14.3. The lowest BCUT2D eigenvalue weighted by Gasteiger charge is -2.16. The van der Waals surface area contributed by atoms with Crippen molar-refractivity contribution in [1.82, 2.24) is 9.71 Å². The van der Waals surface area contributed by atoms with E-state index in [1.807, 2.05) is 0 Å². The first-order chi connectivity index (χ1) is 12.3. The van der Waals surface area contributed by atoms with Gasteiger partial charge in [0.2, 0.25) is 10.0 Å². The molecular weight excluding hydrogens is 425 g/mol. The van der Waals surface area contributed by atoms with Crippen molar-refractivity contribution in [3.05, 3.63) is 51.5 Å². The highest BCUT2D eigenvalue weighted by molar-refractivity contribution is 7.89. The molecule has 1 aromatic heterocycles. The molecule has 0 saturated heterocycles. The van der Waals surface area contributed by atoms with Crippen molar-refractivity contribution in [1.29, 1.82) is 0 Å². The molecule has 0 bridgehead atoms. The molecule has 0 aliphatic heterocycles. The summed E-state index contributed by atoms with van der Waals surface area (Å²) in [5.41, 5.74) is -2.35. The second kappa shape index (κ2) is 7.57. The maximum atomic E-state index is 14.2. The number of nitrogens with one attached hydrogen (secondary N) is 1. The molecule has 0 saturated carbocycles. The maximum Gasteiger partial charge on any atom is 0.267 e. The van der Waals surface area contributed by atoms with E-state index < -0.39 is 33.0 Å². The van der Waals surface area contributed by atoms with Crippen molar-refractivity contribution in [2.75, 3.05) is 6.26 Å². The van der Waals surface area contributed by atoms with Crippen LogP contribution in [0.5, 0.6) is 11.5 Å². The van der Waals surface area contributed by atoms with Gasteiger partial charge in [-0.05, 0) is 19.9 Å². The van der Waals surface area contributed by atoms with Crippen molar-refractivity contribution in [2.45, 2.75) is 19.5 Å². The number of hydrogen-bond donors (Lipinski definition) is 1. The fourth-order valence-electron chi connectivity index (χ4n) is 2.04. The largest absolute Gasteiger partial charge is 0.454 e. The monoisotopic (exact) mass is 438 g/mol. The van der Waals surface area contributed by atoms with Gasteiger partial charge >= 0.3 is 0 Å².